The summed E-state index contributed by atoms with van der Waals surface area (Å²) in [5.74, 6) is 0. The molecule has 0 radical (unpaired) electrons. The molecule has 2 aromatic carbocycles. The Hall–Kier alpha value is -2.41. The molecule has 1 heterocycles. The van der Waals surface area contributed by atoms with Crippen molar-refractivity contribution in [3.63, 3.8) is 0 Å². The summed E-state index contributed by atoms with van der Waals surface area (Å²) in [5, 5.41) is 2.49. The van der Waals surface area contributed by atoms with Crippen LogP contribution in [0, 0.1) is 0 Å². The first-order valence-corrected chi connectivity index (χ1v) is 7.62. The van der Waals surface area contributed by atoms with Gasteiger partial charge in [0.05, 0.1) is 11.0 Å². The van der Waals surface area contributed by atoms with Gasteiger partial charge in [-0.25, -0.2) is 4.99 Å². The summed E-state index contributed by atoms with van der Waals surface area (Å²) in [7, 11) is 0. The van der Waals surface area contributed by atoms with Crippen LogP contribution in [0.3, 0.4) is 0 Å². The number of fused-ring (bicyclic) bond motifs is 6. The molecule has 0 aromatic heterocycles. The summed E-state index contributed by atoms with van der Waals surface area (Å²) in [6.07, 6.45) is 10.4. The standard InChI is InChI=1S/C20H15N/c1-2-6-14-13(5-1)9-10-17-15(14)11-12-18-16-7-3-4-8-19(16)21-20(17)18/h2-4,6-8,10-12H,1,5,9H2. The average Bonchev–Trinajstić information content (AvgIpc) is 2.93. The van der Waals surface area contributed by atoms with Crippen molar-refractivity contribution in [2.75, 3.05) is 0 Å². The molecule has 0 saturated heterocycles. The first kappa shape index (κ1) is 11.3. The highest BCUT2D eigenvalue weighted by molar-refractivity contribution is 5.85. The van der Waals surface area contributed by atoms with Crippen LogP contribution in [-0.4, -0.2) is 0 Å². The average molecular weight is 269 g/mol. The van der Waals surface area contributed by atoms with E-state index >= 15 is 0 Å². The van der Waals surface area contributed by atoms with Crippen LogP contribution >= 0.6 is 0 Å². The molecular weight excluding hydrogens is 254 g/mol. The Balaban J connectivity index is 1.84. The molecule has 1 aliphatic heterocycles. The number of nitrogens with zero attached hydrogens (tertiary/aromatic N) is 1. The van der Waals surface area contributed by atoms with E-state index in [0.717, 1.165) is 12.1 Å². The molecule has 21 heavy (non-hydrogen) atoms. The monoisotopic (exact) mass is 269 g/mol. The van der Waals surface area contributed by atoms with E-state index in [4.69, 9.17) is 4.99 Å². The van der Waals surface area contributed by atoms with Crippen molar-refractivity contribution >= 4 is 17.3 Å². The topological polar surface area (TPSA) is 12.4 Å². The summed E-state index contributed by atoms with van der Waals surface area (Å²) in [6.45, 7) is 0. The number of para-hydroxylation sites is 1. The Morgan fingerprint density at radius 2 is 1.81 bits per heavy atom. The molecule has 2 aliphatic carbocycles. The van der Waals surface area contributed by atoms with Crippen LogP contribution in [0.5, 0.6) is 0 Å². The van der Waals surface area contributed by atoms with Gasteiger partial charge in [0.1, 0.15) is 0 Å². The smallest absolute Gasteiger partial charge is 0.0791 e. The van der Waals surface area contributed by atoms with E-state index in [2.05, 4.69) is 54.6 Å². The molecule has 100 valence electrons. The van der Waals surface area contributed by atoms with Crippen LogP contribution < -0.4 is 10.6 Å². The van der Waals surface area contributed by atoms with E-state index in [9.17, 15) is 0 Å². The maximum Gasteiger partial charge on any atom is 0.0791 e. The second-order valence-electron chi connectivity index (χ2n) is 5.92. The van der Waals surface area contributed by atoms with Gasteiger partial charge in [-0.15, -0.1) is 0 Å². The molecule has 0 fully saturated rings. The van der Waals surface area contributed by atoms with Gasteiger partial charge in [0.25, 0.3) is 0 Å². The molecule has 0 bridgehead atoms. The fourth-order valence-electron chi connectivity index (χ4n) is 3.74. The third kappa shape index (κ3) is 1.49. The van der Waals surface area contributed by atoms with Crippen molar-refractivity contribution in [3.8, 4) is 11.1 Å². The summed E-state index contributed by atoms with van der Waals surface area (Å²) >= 11 is 0. The molecule has 1 heteroatoms. The van der Waals surface area contributed by atoms with Crippen LogP contribution in [0.1, 0.15) is 24.8 Å². The van der Waals surface area contributed by atoms with E-state index in [-0.39, 0.29) is 0 Å². The van der Waals surface area contributed by atoms with E-state index in [1.165, 1.54) is 45.7 Å². The number of benzene rings is 2. The maximum absolute atomic E-state index is 4.89. The molecule has 2 aromatic rings. The minimum absolute atomic E-state index is 1.08. The van der Waals surface area contributed by atoms with Crippen LogP contribution in [0.25, 0.3) is 22.8 Å². The van der Waals surface area contributed by atoms with Crippen molar-refractivity contribution in [2.45, 2.75) is 19.3 Å². The van der Waals surface area contributed by atoms with Crippen molar-refractivity contribution in [2.24, 2.45) is 4.99 Å². The zero-order valence-corrected chi connectivity index (χ0v) is 11.8. The van der Waals surface area contributed by atoms with Crippen molar-refractivity contribution in [1.82, 2.24) is 0 Å². The Bertz CT molecular complexity index is 958. The van der Waals surface area contributed by atoms with E-state index in [1.54, 1.807) is 5.57 Å². The van der Waals surface area contributed by atoms with Gasteiger partial charge in [0, 0.05) is 16.3 Å². The van der Waals surface area contributed by atoms with Gasteiger partial charge in [-0.1, -0.05) is 54.1 Å². The highest BCUT2D eigenvalue weighted by Gasteiger charge is 2.20. The molecule has 0 saturated carbocycles. The maximum atomic E-state index is 4.89. The van der Waals surface area contributed by atoms with E-state index in [0.29, 0.717) is 0 Å². The Labute approximate surface area is 123 Å². The first-order valence-electron chi connectivity index (χ1n) is 7.62. The quantitative estimate of drug-likeness (QED) is 0.587. The number of rotatable bonds is 0. The predicted octanol–water partition coefficient (Wildman–Crippen LogP) is 3.91. The fourth-order valence-corrected chi connectivity index (χ4v) is 3.74. The van der Waals surface area contributed by atoms with Crippen molar-refractivity contribution in [3.05, 3.63) is 70.3 Å². The SMILES string of the molecule is C1=CC2=C(CC=c3c2ccc2c3=Nc3ccccc3-2)CC1. The zero-order chi connectivity index (χ0) is 13.8. The zero-order valence-electron chi connectivity index (χ0n) is 11.8. The second kappa shape index (κ2) is 4.05. The fraction of sp³-hybridized carbons (Fsp3) is 0.150. The molecule has 0 spiro atoms. The minimum atomic E-state index is 1.08. The van der Waals surface area contributed by atoms with Crippen LogP contribution in [-0.2, 0) is 0 Å². The Kier molecular flexibility index (Phi) is 2.17. The third-order valence-corrected chi connectivity index (χ3v) is 4.76. The number of hydrogen-bond acceptors (Lipinski definition) is 1. The minimum Gasteiger partial charge on any atom is -0.247 e. The molecule has 3 aliphatic rings. The first-order chi connectivity index (χ1) is 10.4. The summed E-state index contributed by atoms with van der Waals surface area (Å²) < 4.78 is 0. The molecule has 0 atom stereocenters. The van der Waals surface area contributed by atoms with Gasteiger partial charge in [0.2, 0.25) is 0 Å². The largest absolute Gasteiger partial charge is 0.247 e. The molecular formula is C20H15N. The van der Waals surface area contributed by atoms with Gasteiger partial charge in [-0.3, -0.25) is 0 Å². The number of hydrogen-bond donors (Lipinski definition) is 0. The normalized spacial score (nSPS) is 17.3. The lowest BCUT2D eigenvalue weighted by Gasteiger charge is -2.20. The molecule has 0 unspecified atom stereocenters. The molecule has 0 amide bonds. The van der Waals surface area contributed by atoms with Crippen LogP contribution in [0.4, 0.5) is 5.69 Å². The van der Waals surface area contributed by atoms with Gasteiger partial charge >= 0.3 is 0 Å². The predicted molar refractivity (Wildman–Crippen MR) is 86.7 cm³/mol. The second-order valence-corrected chi connectivity index (χ2v) is 5.92. The van der Waals surface area contributed by atoms with Crippen molar-refractivity contribution < 1.29 is 0 Å². The van der Waals surface area contributed by atoms with E-state index < -0.39 is 0 Å². The Morgan fingerprint density at radius 3 is 2.81 bits per heavy atom. The number of allylic oxidation sites excluding steroid dienone is 4. The van der Waals surface area contributed by atoms with Gasteiger partial charge in [-0.05, 0) is 36.5 Å². The highest BCUT2D eigenvalue weighted by Crippen LogP contribution is 2.34. The van der Waals surface area contributed by atoms with Gasteiger partial charge in [-0.2, -0.15) is 0 Å². The molecule has 1 nitrogen and oxygen atoms in total. The van der Waals surface area contributed by atoms with Crippen LogP contribution in [0.2, 0.25) is 0 Å². The summed E-state index contributed by atoms with van der Waals surface area (Å²) in [6, 6.07) is 13.0. The van der Waals surface area contributed by atoms with E-state index in [1.807, 2.05) is 0 Å². The summed E-state index contributed by atoms with van der Waals surface area (Å²) in [5.41, 5.74) is 8.04. The van der Waals surface area contributed by atoms with Crippen molar-refractivity contribution in [1.29, 1.82) is 0 Å². The third-order valence-electron chi connectivity index (χ3n) is 4.76. The summed E-state index contributed by atoms with van der Waals surface area (Å²) in [4.78, 5) is 4.89. The lowest BCUT2D eigenvalue weighted by molar-refractivity contribution is 0.935. The van der Waals surface area contributed by atoms with Crippen LogP contribution in [0.15, 0.2) is 59.1 Å². The van der Waals surface area contributed by atoms with Gasteiger partial charge < -0.3 is 0 Å². The Morgan fingerprint density at radius 1 is 0.905 bits per heavy atom. The lowest BCUT2D eigenvalue weighted by Crippen LogP contribution is -2.31. The lowest BCUT2D eigenvalue weighted by atomic mass is 9.85. The van der Waals surface area contributed by atoms with Gasteiger partial charge in [0.15, 0.2) is 0 Å². The molecule has 5 rings (SSSR count). The highest BCUT2D eigenvalue weighted by atomic mass is 14.8. The molecule has 0 N–H and O–H groups in total.